The predicted octanol–water partition coefficient (Wildman–Crippen LogP) is 7.02. The maximum Gasteiger partial charge on any atom is 0.234 e. The Labute approximate surface area is 216 Å². The minimum atomic E-state index is -0.247. The Morgan fingerprint density at radius 2 is 1.74 bits per heavy atom. The van der Waals surface area contributed by atoms with E-state index < -0.39 is 0 Å². The smallest absolute Gasteiger partial charge is 0.234 e. The summed E-state index contributed by atoms with van der Waals surface area (Å²) in [6.07, 6.45) is 0. The molecule has 10 heteroatoms. The van der Waals surface area contributed by atoms with Gasteiger partial charge in [0.1, 0.15) is 5.75 Å². The Bertz CT molecular complexity index is 1290. The number of aromatic nitrogens is 3. The third kappa shape index (κ3) is 5.67. The van der Waals surface area contributed by atoms with Crippen LogP contribution in [0.3, 0.4) is 0 Å². The number of carbonyl (C=O) groups excluding carboxylic acids is 1. The van der Waals surface area contributed by atoms with Crippen LogP contribution in [0.25, 0.3) is 17.1 Å². The number of nitrogens with zero attached hydrogens (tertiary/aromatic N) is 3. The van der Waals surface area contributed by atoms with Crippen molar-refractivity contribution in [2.24, 2.45) is 0 Å². The molecule has 1 aromatic heterocycles. The minimum absolute atomic E-state index is 0.0959. The molecule has 4 aromatic rings. The molecule has 0 saturated heterocycles. The maximum absolute atomic E-state index is 12.6. The maximum atomic E-state index is 12.6. The van der Waals surface area contributed by atoms with E-state index in [9.17, 15) is 4.79 Å². The van der Waals surface area contributed by atoms with E-state index in [2.05, 4.69) is 15.5 Å². The molecule has 34 heavy (non-hydrogen) atoms. The lowest BCUT2D eigenvalue weighted by Gasteiger charge is -2.12. The average Bonchev–Trinajstić information content (AvgIpc) is 3.26. The molecular weight excluding hydrogens is 515 g/mol. The zero-order valence-corrected chi connectivity index (χ0v) is 21.0. The number of hydrogen-bond acceptors (Lipinski definition) is 5. The van der Waals surface area contributed by atoms with Crippen molar-refractivity contribution in [3.63, 3.8) is 0 Å². The molecule has 174 valence electrons. The van der Waals surface area contributed by atoms with Gasteiger partial charge < -0.3 is 10.1 Å². The largest absolute Gasteiger partial charge is 0.494 e. The highest BCUT2D eigenvalue weighted by molar-refractivity contribution is 7.99. The zero-order chi connectivity index (χ0) is 24.1. The molecule has 0 unspecified atom stereocenters. The van der Waals surface area contributed by atoms with Gasteiger partial charge in [0.25, 0.3) is 0 Å². The van der Waals surface area contributed by atoms with Crippen LogP contribution in [0.4, 0.5) is 5.69 Å². The average molecular weight is 534 g/mol. The van der Waals surface area contributed by atoms with Gasteiger partial charge in [0.2, 0.25) is 5.91 Å². The summed E-state index contributed by atoms with van der Waals surface area (Å²) >= 11 is 19.5. The van der Waals surface area contributed by atoms with Gasteiger partial charge in [0.05, 0.1) is 28.1 Å². The normalized spacial score (nSPS) is 10.8. The van der Waals surface area contributed by atoms with Crippen molar-refractivity contribution in [3.05, 3.63) is 81.8 Å². The summed E-state index contributed by atoms with van der Waals surface area (Å²) in [7, 11) is 0. The number of hydrogen-bond donors (Lipinski definition) is 1. The Kier molecular flexibility index (Phi) is 8.00. The molecule has 1 heterocycles. The van der Waals surface area contributed by atoms with Gasteiger partial charge in [-0.15, -0.1) is 10.2 Å². The highest BCUT2D eigenvalue weighted by atomic mass is 35.5. The summed E-state index contributed by atoms with van der Waals surface area (Å²) in [5.41, 5.74) is 2.13. The summed E-state index contributed by atoms with van der Waals surface area (Å²) < 4.78 is 7.45. The van der Waals surface area contributed by atoms with Crippen molar-refractivity contribution in [2.75, 3.05) is 17.7 Å². The third-order valence-electron chi connectivity index (χ3n) is 4.70. The Morgan fingerprint density at radius 1 is 1.00 bits per heavy atom. The molecule has 0 aliphatic rings. The molecule has 6 nitrogen and oxygen atoms in total. The van der Waals surface area contributed by atoms with Crippen LogP contribution in [0.5, 0.6) is 5.75 Å². The van der Waals surface area contributed by atoms with E-state index in [-0.39, 0.29) is 11.7 Å². The van der Waals surface area contributed by atoms with Crippen LogP contribution in [0, 0.1) is 0 Å². The van der Waals surface area contributed by atoms with Gasteiger partial charge in [0.15, 0.2) is 11.0 Å². The lowest BCUT2D eigenvalue weighted by atomic mass is 10.2. The number of benzene rings is 3. The first-order valence-electron chi connectivity index (χ1n) is 10.3. The third-order valence-corrected chi connectivity index (χ3v) is 6.70. The van der Waals surface area contributed by atoms with Crippen LogP contribution < -0.4 is 10.1 Å². The summed E-state index contributed by atoms with van der Waals surface area (Å²) in [5.74, 6) is 1.24. The number of carbonyl (C=O) groups is 1. The first-order chi connectivity index (χ1) is 16.5. The molecule has 4 rings (SSSR count). The van der Waals surface area contributed by atoms with Crippen molar-refractivity contribution in [1.82, 2.24) is 14.8 Å². The summed E-state index contributed by atoms with van der Waals surface area (Å²) in [6, 6.07) is 20.0. The monoisotopic (exact) mass is 532 g/mol. The number of ether oxygens (including phenoxy) is 1. The van der Waals surface area contributed by atoms with Gasteiger partial charge >= 0.3 is 0 Å². The summed E-state index contributed by atoms with van der Waals surface area (Å²) in [4.78, 5) is 12.6. The number of thioether (sulfide) groups is 1. The van der Waals surface area contributed by atoms with Crippen LogP contribution >= 0.6 is 46.6 Å². The molecule has 0 spiro atoms. The standard InChI is InChI=1S/C24H19Cl3N4O2S/c1-2-33-18-12-10-17(11-13-18)31-23(15-6-8-16(25)9-7-15)29-30-24(31)34-14-21(32)28-20-5-3-4-19(26)22(20)27/h3-13H,2,14H2,1H3,(H,28,32). The lowest BCUT2D eigenvalue weighted by Crippen LogP contribution is -2.15. The molecule has 1 N–H and O–H groups in total. The SMILES string of the molecule is CCOc1ccc(-n2c(SCC(=O)Nc3cccc(Cl)c3Cl)nnc2-c2ccc(Cl)cc2)cc1. The number of nitrogens with one attached hydrogen (secondary N) is 1. The minimum Gasteiger partial charge on any atom is -0.494 e. The Hall–Kier alpha value is -2.71. The number of anilines is 1. The van der Waals surface area contributed by atoms with Crippen molar-refractivity contribution in [3.8, 4) is 22.8 Å². The van der Waals surface area contributed by atoms with Gasteiger partial charge in [-0.2, -0.15) is 0 Å². The van der Waals surface area contributed by atoms with E-state index in [4.69, 9.17) is 39.5 Å². The molecule has 1 amide bonds. The quantitative estimate of drug-likeness (QED) is 0.246. The topological polar surface area (TPSA) is 69.0 Å². The molecule has 0 atom stereocenters. The fourth-order valence-electron chi connectivity index (χ4n) is 3.16. The second-order valence-corrected chi connectivity index (χ2v) is 9.18. The van der Waals surface area contributed by atoms with E-state index in [0.717, 1.165) is 17.0 Å². The second kappa shape index (κ2) is 11.1. The molecule has 0 fully saturated rings. The highest BCUT2D eigenvalue weighted by Crippen LogP contribution is 2.31. The number of amides is 1. The van der Waals surface area contributed by atoms with Gasteiger partial charge in [-0.25, -0.2) is 0 Å². The molecule has 0 aliphatic carbocycles. The van der Waals surface area contributed by atoms with Gasteiger partial charge in [-0.3, -0.25) is 9.36 Å². The van der Waals surface area contributed by atoms with E-state index >= 15 is 0 Å². The number of rotatable bonds is 8. The Balaban J connectivity index is 1.61. The number of halogens is 3. The van der Waals surface area contributed by atoms with Crippen LogP contribution in [-0.2, 0) is 4.79 Å². The fourth-order valence-corrected chi connectivity index (χ4v) is 4.38. The summed E-state index contributed by atoms with van der Waals surface area (Å²) in [6.45, 7) is 2.51. The van der Waals surface area contributed by atoms with Gasteiger partial charge in [-0.05, 0) is 67.6 Å². The highest BCUT2D eigenvalue weighted by Gasteiger charge is 2.18. The van der Waals surface area contributed by atoms with Crippen molar-refractivity contribution < 1.29 is 9.53 Å². The van der Waals surface area contributed by atoms with Crippen LogP contribution in [-0.4, -0.2) is 33.0 Å². The molecule has 0 saturated carbocycles. The van der Waals surface area contributed by atoms with Crippen molar-refractivity contribution >= 4 is 58.2 Å². The van der Waals surface area contributed by atoms with Crippen LogP contribution in [0.15, 0.2) is 71.9 Å². The first-order valence-corrected chi connectivity index (χ1v) is 12.4. The van der Waals surface area contributed by atoms with E-state index in [1.165, 1.54) is 11.8 Å². The van der Waals surface area contributed by atoms with Crippen molar-refractivity contribution in [2.45, 2.75) is 12.1 Å². The molecule has 0 aliphatic heterocycles. The van der Waals surface area contributed by atoms with Gasteiger partial charge in [-0.1, -0.05) is 52.6 Å². The molecule has 0 radical (unpaired) electrons. The summed E-state index contributed by atoms with van der Waals surface area (Å²) in [5, 5.41) is 13.4. The Morgan fingerprint density at radius 3 is 2.44 bits per heavy atom. The second-order valence-electron chi connectivity index (χ2n) is 7.01. The molecule has 3 aromatic carbocycles. The van der Waals surface area contributed by atoms with E-state index in [0.29, 0.717) is 38.3 Å². The lowest BCUT2D eigenvalue weighted by molar-refractivity contribution is -0.113. The van der Waals surface area contributed by atoms with Crippen molar-refractivity contribution in [1.29, 1.82) is 0 Å². The first kappa shape index (κ1) is 24.4. The zero-order valence-electron chi connectivity index (χ0n) is 18.0. The predicted molar refractivity (Wildman–Crippen MR) is 139 cm³/mol. The van der Waals surface area contributed by atoms with Gasteiger partial charge in [0, 0.05) is 16.3 Å². The molecular formula is C24H19Cl3N4O2S. The van der Waals surface area contributed by atoms with E-state index in [1.54, 1.807) is 30.3 Å². The molecule has 0 bridgehead atoms. The van der Waals surface area contributed by atoms with Crippen LogP contribution in [0.2, 0.25) is 15.1 Å². The van der Waals surface area contributed by atoms with Crippen LogP contribution in [0.1, 0.15) is 6.92 Å². The van der Waals surface area contributed by atoms with E-state index in [1.807, 2.05) is 47.9 Å². The fraction of sp³-hybridized carbons (Fsp3) is 0.125.